The van der Waals surface area contributed by atoms with E-state index in [9.17, 15) is 9.59 Å². The van der Waals surface area contributed by atoms with Gasteiger partial charge in [0.25, 0.3) is 5.56 Å². The summed E-state index contributed by atoms with van der Waals surface area (Å²) in [6.07, 6.45) is 5.60. The molecule has 0 radical (unpaired) electrons. The van der Waals surface area contributed by atoms with Gasteiger partial charge in [-0.25, -0.2) is 4.98 Å². The number of para-hydroxylation sites is 1. The molecule has 1 amide bonds. The number of halogens is 1. The number of hydrogen-bond donors (Lipinski definition) is 0. The summed E-state index contributed by atoms with van der Waals surface area (Å²) in [7, 11) is 0. The van der Waals surface area contributed by atoms with Crippen LogP contribution in [0.5, 0.6) is 0 Å². The molecule has 1 fully saturated rings. The fourth-order valence-corrected chi connectivity index (χ4v) is 4.60. The van der Waals surface area contributed by atoms with Gasteiger partial charge in [0.2, 0.25) is 5.91 Å². The highest BCUT2D eigenvalue weighted by atomic mass is 35.5. The second kappa shape index (κ2) is 9.86. The van der Waals surface area contributed by atoms with Crippen LogP contribution in [-0.4, -0.2) is 26.9 Å². The highest BCUT2D eigenvalue weighted by Crippen LogP contribution is 2.33. The average molecular weight is 452 g/mol. The molecule has 0 spiro atoms. The summed E-state index contributed by atoms with van der Waals surface area (Å²) in [6.45, 7) is 4.85. The molecule has 1 aliphatic carbocycles. The third-order valence-corrected chi connectivity index (χ3v) is 6.65. The molecule has 1 unspecified atom stereocenters. The first-order valence-corrected chi connectivity index (χ1v) is 12.0. The summed E-state index contributed by atoms with van der Waals surface area (Å²) >= 11 is 6.28. The Morgan fingerprint density at radius 3 is 2.62 bits per heavy atom. The Hall–Kier alpha value is -2.66. The van der Waals surface area contributed by atoms with Crippen LogP contribution < -0.4 is 5.56 Å². The van der Waals surface area contributed by atoms with Crippen molar-refractivity contribution in [2.75, 3.05) is 6.54 Å². The van der Waals surface area contributed by atoms with Crippen LogP contribution in [0.25, 0.3) is 16.6 Å². The number of rotatable bonds is 8. The van der Waals surface area contributed by atoms with Gasteiger partial charge in [-0.1, -0.05) is 56.5 Å². The van der Waals surface area contributed by atoms with Crippen LogP contribution in [0.4, 0.5) is 0 Å². The van der Waals surface area contributed by atoms with E-state index in [-0.39, 0.29) is 23.4 Å². The van der Waals surface area contributed by atoms with Crippen molar-refractivity contribution >= 4 is 28.4 Å². The van der Waals surface area contributed by atoms with E-state index in [4.69, 9.17) is 16.6 Å². The van der Waals surface area contributed by atoms with E-state index >= 15 is 0 Å². The molecule has 6 heteroatoms. The minimum atomic E-state index is -0.286. The molecule has 1 heterocycles. The van der Waals surface area contributed by atoms with E-state index in [0.29, 0.717) is 40.4 Å². The van der Waals surface area contributed by atoms with E-state index in [0.717, 1.165) is 32.1 Å². The van der Waals surface area contributed by atoms with Gasteiger partial charge in [0.15, 0.2) is 0 Å². The number of carbonyl (C=O) groups is 1. The minimum absolute atomic E-state index is 0.0905. The Morgan fingerprint density at radius 1 is 1.19 bits per heavy atom. The SMILES string of the molecule is CCCCN(C(=O)C1CCC1)C(CC)c1nc2ccccc2c(=O)n1-c1cccc(Cl)c1. The van der Waals surface area contributed by atoms with E-state index in [1.54, 1.807) is 22.8 Å². The third kappa shape index (κ3) is 4.31. The smallest absolute Gasteiger partial charge is 0.266 e. The lowest BCUT2D eigenvalue weighted by atomic mass is 9.84. The van der Waals surface area contributed by atoms with Gasteiger partial charge in [-0.2, -0.15) is 0 Å². The largest absolute Gasteiger partial charge is 0.332 e. The number of unbranched alkanes of at least 4 members (excludes halogenated alkanes) is 1. The highest BCUT2D eigenvalue weighted by molar-refractivity contribution is 6.30. The molecule has 1 saturated carbocycles. The van der Waals surface area contributed by atoms with Crippen LogP contribution in [0.2, 0.25) is 5.02 Å². The number of fused-ring (bicyclic) bond motifs is 1. The van der Waals surface area contributed by atoms with Gasteiger partial charge in [0.1, 0.15) is 5.82 Å². The van der Waals surface area contributed by atoms with Crippen molar-refractivity contribution in [3.63, 3.8) is 0 Å². The molecule has 2 aromatic carbocycles. The zero-order chi connectivity index (χ0) is 22.7. The quantitative estimate of drug-likeness (QED) is 0.427. The summed E-state index contributed by atoms with van der Waals surface area (Å²) < 4.78 is 1.65. The fourth-order valence-electron chi connectivity index (χ4n) is 4.42. The summed E-state index contributed by atoms with van der Waals surface area (Å²) in [6, 6.07) is 14.4. The van der Waals surface area contributed by atoms with Gasteiger partial charge in [0.05, 0.1) is 22.6 Å². The first-order chi connectivity index (χ1) is 15.5. The molecule has 1 atom stereocenters. The zero-order valence-corrected chi connectivity index (χ0v) is 19.5. The first kappa shape index (κ1) is 22.5. The van der Waals surface area contributed by atoms with E-state index < -0.39 is 0 Å². The fraction of sp³-hybridized carbons (Fsp3) is 0.423. The third-order valence-electron chi connectivity index (χ3n) is 6.42. The van der Waals surface area contributed by atoms with Crippen molar-refractivity contribution in [1.29, 1.82) is 0 Å². The molecule has 4 rings (SSSR count). The normalized spacial score (nSPS) is 14.8. The monoisotopic (exact) mass is 451 g/mol. The first-order valence-electron chi connectivity index (χ1n) is 11.6. The van der Waals surface area contributed by atoms with Crippen LogP contribution in [0.1, 0.15) is 64.2 Å². The van der Waals surface area contributed by atoms with Crippen LogP contribution >= 0.6 is 11.6 Å². The number of hydrogen-bond acceptors (Lipinski definition) is 3. The summed E-state index contributed by atoms with van der Waals surface area (Å²) in [5.41, 5.74) is 1.18. The van der Waals surface area contributed by atoms with Crippen molar-refractivity contribution < 1.29 is 4.79 Å². The Kier molecular flexibility index (Phi) is 6.95. The molecule has 0 N–H and O–H groups in total. The van der Waals surface area contributed by atoms with Crippen molar-refractivity contribution in [3.05, 3.63) is 69.7 Å². The van der Waals surface area contributed by atoms with E-state index in [1.807, 2.05) is 35.2 Å². The van der Waals surface area contributed by atoms with E-state index in [2.05, 4.69) is 13.8 Å². The molecular formula is C26H30ClN3O2. The minimum Gasteiger partial charge on any atom is -0.332 e. The Morgan fingerprint density at radius 2 is 1.97 bits per heavy atom. The van der Waals surface area contributed by atoms with Crippen molar-refractivity contribution in [1.82, 2.24) is 14.5 Å². The molecule has 0 bridgehead atoms. The standard InChI is InChI=1S/C26H30ClN3O2/c1-3-5-16-29(25(31)18-10-8-11-18)23(4-2)24-28-22-15-7-6-14-21(22)26(32)30(24)20-13-9-12-19(27)17-20/h6-7,9,12-15,17-18,23H,3-5,8,10-11,16H2,1-2H3. The van der Waals surface area contributed by atoms with Crippen LogP contribution in [0.15, 0.2) is 53.3 Å². The molecule has 1 aliphatic rings. The lowest BCUT2D eigenvalue weighted by Gasteiger charge is -2.37. The lowest BCUT2D eigenvalue weighted by Crippen LogP contribution is -2.43. The van der Waals surface area contributed by atoms with Gasteiger partial charge in [-0.05, 0) is 56.0 Å². The Balaban J connectivity index is 1.92. The summed E-state index contributed by atoms with van der Waals surface area (Å²) in [5, 5.41) is 1.10. The number of carbonyl (C=O) groups excluding carboxylic acids is 1. The second-order valence-electron chi connectivity index (χ2n) is 8.54. The maximum atomic E-state index is 13.7. The molecule has 3 aromatic rings. The van der Waals surface area contributed by atoms with Crippen molar-refractivity contribution in [2.24, 2.45) is 5.92 Å². The molecule has 32 heavy (non-hydrogen) atoms. The van der Waals surface area contributed by atoms with Gasteiger partial charge < -0.3 is 4.90 Å². The Labute approximate surface area is 194 Å². The summed E-state index contributed by atoms with van der Waals surface area (Å²) in [4.78, 5) is 34.0. The summed E-state index contributed by atoms with van der Waals surface area (Å²) in [5.74, 6) is 0.881. The van der Waals surface area contributed by atoms with Gasteiger partial charge in [0, 0.05) is 17.5 Å². The number of nitrogens with zero attached hydrogens (tertiary/aromatic N) is 3. The molecule has 168 valence electrons. The molecule has 0 aliphatic heterocycles. The maximum Gasteiger partial charge on any atom is 0.266 e. The molecule has 5 nitrogen and oxygen atoms in total. The van der Waals surface area contributed by atoms with Gasteiger partial charge >= 0.3 is 0 Å². The second-order valence-corrected chi connectivity index (χ2v) is 8.98. The number of amides is 1. The van der Waals surface area contributed by atoms with Crippen molar-refractivity contribution in [2.45, 2.75) is 58.4 Å². The van der Waals surface area contributed by atoms with Crippen molar-refractivity contribution in [3.8, 4) is 5.69 Å². The molecule has 1 aromatic heterocycles. The van der Waals surface area contributed by atoms with Gasteiger partial charge in [-0.15, -0.1) is 0 Å². The topological polar surface area (TPSA) is 55.2 Å². The van der Waals surface area contributed by atoms with Crippen LogP contribution in [0.3, 0.4) is 0 Å². The van der Waals surface area contributed by atoms with Crippen LogP contribution in [0, 0.1) is 5.92 Å². The molecule has 0 saturated heterocycles. The van der Waals surface area contributed by atoms with E-state index in [1.165, 1.54) is 0 Å². The Bertz CT molecular complexity index is 1170. The predicted octanol–water partition coefficient (Wildman–Crippen LogP) is 5.92. The lowest BCUT2D eigenvalue weighted by molar-refractivity contribution is -0.141. The average Bonchev–Trinajstić information content (AvgIpc) is 2.75. The van der Waals surface area contributed by atoms with Gasteiger partial charge in [-0.3, -0.25) is 14.2 Å². The maximum absolute atomic E-state index is 13.7. The van der Waals surface area contributed by atoms with Crippen LogP contribution in [-0.2, 0) is 4.79 Å². The number of aromatic nitrogens is 2. The number of benzene rings is 2. The zero-order valence-electron chi connectivity index (χ0n) is 18.8. The molecular weight excluding hydrogens is 422 g/mol. The predicted molar refractivity (Wildman–Crippen MR) is 129 cm³/mol. The highest BCUT2D eigenvalue weighted by Gasteiger charge is 2.35.